The molecule has 0 bridgehead atoms. The van der Waals surface area contributed by atoms with Crippen LogP contribution in [0.3, 0.4) is 0 Å². The Kier molecular flexibility index (Phi) is 7.73. The van der Waals surface area contributed by atoms with E-state index >= 15 is 0 Å². The first-order valence-electron chi connectivity index (χ1n) is 8.68. The van der Waals surface area contributed by atoms with Gasteiger partial charge in [0.05, 0.1) is 13.5 Å². The van der Waals surface area contributed by atoms with Crippen molar-refractivity contribution in [1.82, 2.24) is 5.32 Å². The fourth-order valence-corrected chi connectivity index (χ4v) is 2.96. The lowest BCUT2D eigenvalue weighted by molar-refractivity contribution is -0.144. The molecule has 0 unspecified atom stereocenters. The Balaban J connectivity index is 2.84. The van der Waals surface area contributed by atoms with Crippen LogP contribution in [0.2, 0.25) is 18.1 Å². The summed E-state index contributed by atoms with van der Waals surface area (Å²) in [6.07, 6.45) is -0.139. The van der Waals surface area contributed by atoms with Gasteiger partial charge >= 0.3 is 5.97 Å². The normalized spacial score (nSPS) is 12.6. The third-order valence-electron chi connectivity index (χ3n) is 4.69. The van der Waals surface area contributed by atoms with Crippen molar-refractivity contribution in [3.8, 4) is 11.5 Å². The molecule has 27 heavy (non-hydrogen) atoms. The van der Waals surface area contributed by atoms with Crippen LogP contribution in [0.15, 0.2) is 18.2 Å². The summed E-state index contributed by atoms with van der Waals surface area (Å²) in [6.45, 7) is 10.7. The zero-order chi connectivity index (χ0) is 20.8. The molecule has 4 nitrogen and oxygen atoms in total. The minimum Gasteiger partial charge on any atom is -0.467 e. The van der Waals surface area contributed by atoms with Crippen LogP contribution < -0.4 is 5.32 Å². The molecule has 0 fully saturated rings. The monoisotopic (exact) mass is 395 g/mol. The summed E-state index contributed by atoms with van der Waals surface area (Å²) in [4.78, 5) is 24.1. The van der Waals surface area contributed by atoms with Crippen molar-refractivity contribution in [2.24, 2.45) is 0 Å². The second kappa shape index (κ2) is 9.13. The van der Waals surface area contributed by atoms with Crippen molar-refractivity contribution in [2.45, 2.75) is 57.8 Å². The van der Waals surface area contributed by atoms with E-state index in [0.717, 1.165) is 18.2 Å². The Labute approximate surface area is 160 Å². The molecule has 0 radical (unpaired) electrons. The van der Waals surface area contributed by atoms with Crippen LogP contribution in [0.5, 0.6) is 0 Å². The molecular weight excluding hydrogens is 368 g/mol. The van der Waals surface area contributed by atoms with Gasteiger partial charge in [-0.15, -0.1) is 11.5 Å². The molecule has 0 saturated carbocycles. The maximum atomic E-state index is 13.2. The van der Waals surface area contributed by atoms with E-state index in [0.29, 0.717) is 0 Å². The summed E-state index contributed by atoms with van der Waals surface area (Å²) in [5, 5.41) is 2.61. The third kappa shape index (κ3) is 7.14. The summed E-state index contributed by atoms with van der Waals surface area (Å²) in [7, 11) is -0.613. The average molecular weight is 396 g/mol. The lowest BCUT2D eigenvalue weighted by Gasteiger charge is -2.31. The number of nitrogens with one attached hydrogen (secondary N) is 1. The highest BCUT2D eigenvalue weighted by atomic mass is 28.3. The number of halogens is 2. The van der Waals surface area contributed by atoms with Crippen LogP contribution in [0.4, 0.5) is 8.78 Å². The van der Waals surface area contributed by atoms with Gasteiger partial charge in [-0.3, -0.25) is 4.79 Å². The van der Waals surface area contributed by atoms with Gasteiger partial charge < -0.3 is 10.1 Å². The van der Waals surface area contributed by atoms with Crippen LogP contribution in [0.1, 0.15) is 32.8 Å². The second-order valence-electron chi connectivity index (χ2n) is 7.98. The molecule has 0 saturated heterocycles. The van der Waals surface area contributed by atoms with Crippen LogP contribution >= 0.6 is 0 Å². The number of amides is 1. The molecule has 0 aromatic heterocycles. The maximum Gasteiger partial charge on any atom is 0.329 e. The highest BCUT2D eigenvalue weighted by Crippen LogP contribution is 2.35. The minimum absolute atomic E-state index is 0.0749. The second-order valence-corrected chi connectivity index (χ2v) is 13.0. The van der Waals surface area contributed by atoms with Crippen LogP contribution in [0, 0.1) is 23.1 Å². The van der Waals surface area contributed by atoms with Gasteiger partial charge in [-0.1, -0.05) is 33.9 Å². The van der Waals surface area contributed by atoms with Gasteiger partial charge in [0.2, 0.25) is 5.91 Å². The summed E-state index contributed by atoms with van der Waals surface area (Å²) in [5.41, 5.74) is 3.46. The van der Waals surface area contributed by atoms with Gasteiger partial charge in [0.1, 0.15) is 25.8 Å². The van der Waals surface area contributed by atoms with E-state index in [4.69, 9.17) is 4.74 Å². The van der Waals surface area contributed by atoms with Crippen LogP contribution in [-0.2, 0) is 20.7 Å². The van der Waals surface area contributed by atoms with Crippen molar-refractivity contribution in [3.63, 3.8) is 0 Å². The number of esters is 1. The zero-order valence-electron chi connectivity index (χ0n) is 16.7. The lowest BCUT2D eigenvalue weighted by atomic mass is 10.1. The van der Waals surface area contributed by atoms with E-state index in [2.05, 4.69) is 50.6 Å². The smallest absolute Gasteiger partial charge is 0.329 e. The molecule has 1 rings (SSSR count). The number of hydrogen-bond acceptors (Lipinski definition) is 3. The molecule has 0 heterocycles. The van der Waals surface area contributed by atoms with E-state index in [1.807, 2.05) is 0 Å². The fourth-order valence-electron chi connectivity index (χ4n) is 2.04. The van der Waals surface area contributed by atoms with Gasteiger partial charge in [-0.25, -0.2) is 13.6 Å². The number of methoxy groups -OCH3 is 1. The molecule has 7 heteroatoms. The Morgan fingerprint density at radius 2 is 1.74 bits per heavy atom. The largest absolute Gasteiger partial charge is 0.467 e. The first-order chi connectivity index (χ1) is 12.4. The standard InChI is InChI=1S/C20H27F2NO3Si/c1-20(2,3)27(5,6)9-7-8-17(19(25)26-4)23-18(24)12-14-10-15(21)13-16(22)11-14/h10-11,13,17H,8,12H2,1-6H3,(H,23,24)/t17-/m1/s1. The maximum absolute atomic E-state index is 13.2. The predicted octanol–water partition coefficient (Wildman–Crippen LogP) is 3.61. The number of rotatable bonds is 5. The SMILES string of the molecule is COC(=O)[C@@H](CC#C[Si](C)(C)C(C)(C)C)NC(=O)Cc1cc(F)cc(F)c1. The number of carbonyl (C=O) groups excluding carboxylic acids is 2. The molecule has 1 aromatic rings. The van der Waals surface area contributed by atoms with Gasteiger partial charge in [-0.05, 0) is 22.7 Å². The molecular formula is C20H27F2NO3Si. The highest BCUT2D eigenvalue weighted by Gasteiger charge is 2.33. The predicted molar refractivity (Wildman–Crippen MR) is 104 cm³/mol. The van der Waals surface area contributed by atoms with E-state index in [1.165, 1.54) is 7.11 Å². The Hall–Kier alpha value is -2.20. The molecule has 0 aliphatic rings. The van der Waals surface area contributed by atoms with Gasteiger partial charge in [0.15, 0.2) is 0 Å². The summed E-state index contributed by atoms with van der Waals surface area (Å²) >= 11 is 0. The molecule has 1 atom stereocenters. The topological polar surface area (TPSA) is 55.4 Å². The van der Waals surface area contributed by atoms with E-state index < -0.39 is 37.6 Å². The van der Waals surface area contributed by atoms with Gasteiger partial charge in [0.25, 0.3) is 0 Å². The summed E-state index contributed by atoms with van der Waals surface area (Å²) in [5.74, 6) is 0.338. The van der Waals surface area contributed by atoms with Crippen molar-refractivity contribution < 1.29 is 23.1 Å². The van der Waals surface area contributed by atoms with Crippen molar-refractivity contribution in [3.05, 3.63) is 35.4 Å². The molecule has 1 N–H and O–H groups in total. The van der Waals surface area contributed by atoms with E-state index in [1.54, 1.807) is 0 Å². The van der Waals surface area contributed by atoms with Crippen molar-refractivity contribution >= 4 is 20.0 Å². The molecule has 148 valence electrons. The Morgan fingerprint density at radius 3 is 2.22 bits per heavy atom. The number of ether oxygens (including phenoxy) is 1. The van der Waals surface area contributed by atoms with E-state index in [9.17, 15) is 18.4 Å². The van der Waals surface area contributed by atoms with Gasteiger partial charge in [-0.2, -0.15) is 0 Å². The quantitative estimate of drug-likeness (QED) is 0.471. The first kappa shape index (κ1) is 22.8. The fraction of sp³-hybridized carbons (Fsp3) is 0.500. The Bertz CT molecular complexity index is 740. The number of benzene rings is 1. The molecule has 1 amide bonds. The Morgan fingerprint density at radius 1 is 1.19 bits per heavy atom. The highest BCUT2D eigenvalue weighted by molar-refractivity contribution is 6.87. The van der Waals surface area contributed by atoms with Crippen LogP contribution in [-0.4, -0.2) is 33.1 Å². The summed E-state index contributed by atoms with van der Waals surface area (Å²) < 4.78 is 31.2. The number of carbonyl (C=O) groups is 2. The van der Waals surface area contributed by atoms with Crippen LogP contribution in [0.25, 0.3) is 0 Å². The van der Waals surface area contributed by atoms with Crippen molar-refractivity contribution in [1.29, 1.82) is 0 Å². The van der Waals surface area contributed by atoms with Gasteiger partial charge in [0, 0.05) is 12.5 Å². The molecule has 0 spiro atoms. The average Bonchev–Trinajstić information content (AvgIpc) is 2.50. The molecule has 1 aromatic carbocycles. The lowest BCUT2D eigenvalue weighted by Crippen LogP contribution is -2.42. The first-order valence-corrected chi connectivity index (χ1v) is 11.7. The summed E-state index contributed by atoms with van der Waals surface area (Å²) in [6, 6.07) is 1.95. The van der Waals surface area contributed by atoms with Crippen molar-refractivity contribution in [2.75, 3.05) is 7.11 Å². The van der Waals surface area contributed by atoms with E-state index in [-0.39, 0.29) is 23.4 Å². The number of hydrogen-bond donors (Lipinski definition) is 1. The zero-order valence-corrected chi connectivity index (χ0v) is 17.7. The third-order valence-corrected chi connectivity index (χ3v) is 9.24. The minimum atomic E-state index is -1.84. The molecule has 0 aliphatic carbocycles. The molecule has 0 aliphatic heterocycles.